The van der Waals surface area contributed by atoms with Gasteiger partial charge in [0.15, 0.2) is 0 Å². The Balaban J connectivity index is 1.72. The van der Waals surface area contributed by atoms with Crippen LogP contribution in [-0.4, -0.2) is 23.4 Å². The average molecular weight is 398 g/mol. The molecule has 1 saturated carbocycles. The number of carbonyl (C=O) groups excluding carboxylic acids is 1. The van der Waals surface area contributed by atoms with Crippen molar-refractivity contribution in [2.75, 3.05) is 6.54 Å². The van der Waals surface area contributed by atoms with Crippen LogP contribution in [0.4, 0.5) is 0 Å². The molecule has 4 heteroatoms. The molecule has 1 aromatic rings. The highest BCUT2D eigenvalue weighted by Crippen LogP contribution is 2.36. The number of hydrogen-bond donors (Lipinski definition) is 1. The predicted octanol–water partition coefficient (Wildman–Crippen LogP) is 3.47. The van der Waals surface area contributed by atoms with Gasteiger partial charge in [-0.2, -0.15) is 0 Å². The van der Waals surface area contributed by atoms with E-state index in [2.05, 4.69) is 51.8 Å². The molecule has 1 aliphatic heterocycles. The van der Waals surface area contributed by atoms with Crippen molar-refractivity contribution in [3.8, 4) is 0 Å². The molecule has 114 valence electrons. The zero-order valence-electron chi connectivity index (χ0n) is 12.3. The van der Waals surface area contributed by atoms with E-state index in [0.29, 0.717) is 18.2 Å². The van der Waals surface area contributed by atoms with Crippen LogP contribution in [0.1, 0.15) is 50.1 Å². The summed E-state index contributed by atoms with van der Waals surface area (Å²) in [5, 5.41) is 0. The van der Waals surface area contributed by atoms with Gasteiger partial charge < -0.3 is 10.6 Å². The first-order valence-electron chi connectivity index (χ1n) is 7.96. The van der Waals surface area contributed by atoms with E-state index < -0.39 is 0 Å². The van der Waals surface area contributed by atoms with E-state index in [9.17, 15) is 4.79 Å². The van der Waals surface area contributed by atoms with E-state index in [-0.39, 0.29) is 12.1 Å². The second-order valence-electron chi connectivity index (χ2n) is 6.33. The molecule has 1 saturated heterocycles. The molecular weight excluding hydrogens is 375 g/mol. The topological polar surface area (TPSA) is 46.3 Å². The first-order chi connectivity index (χ1) is 10.2. The number of likely N-dealkylation sites (tertiary alicyclic amines) is 1. The van der Waals surface area contributed by atoms with Crippen LogP contribution in [0.15, 0.2) is 24.3 Å². The van der Waals surface area contributed by atoms with E-state index in [1.807, 2.05) is 0 Å². The Hall–Kier alpha value is -0.620. The van der Waals surface area contributed by atoms with E-state index in [1.54, 1.807) is 0 Å². The summed E-state index contributed by atoms with van der Waals surface area (Å²) in [6.45, 7) is 0.899. The highest BCUT2D eigenvalue weighted by atomic mass is 127. The van der Waals surface area contributed by atoms with Crippen molar-refractivity contribution in [3.05, 3.63) is 33.4 Å². The van der Waals surface area contributed by atoms with Gasteiger partial charge in [-0.15, -0.1) is 0 Å². The number of benzene rings is 1. The minimum atomic E-state index is 0.229. The zero-order chi connectivity index (χ0) is 14.8. The SMILES string of the molecule is N[C@@H]1CCC[C@H]1CC(=O)N1CCCC1c1ccccc1I. The third kappa shape index (κ3) is 3.26. The summed E-state index contributed by atoms with van der Waals surface area (Å²) >= 11 is 2.38. The van der Waals surface area contributed by atoms with Crippen molar-refractivity contribution in [2.24, 2.45) is 11.7 Å². The van der Waals surface area contributed by atoms with E-state index in [0.717, 1.165) is 32.2 Å². The van der Waals surface area contributed by atoms with Gasteiger partial charge in [-0.3, -0.25) is 4.79 Å². The van der Waals surface area contributed by atoms with Gasteiger partial charge in [0.1, 0.15) is 0 Å². The molecule has 3 atom stereocenters. The molecule has 2 N–H and O–H groups in total. The summed E-state index contributed by atoms with van der Waals surface area (Å²) in [4.78, 5) is 14.8. The van der Waals surface area contributed by atoms with Gasteiger partial charge in [-0.05, 0) is 65.8 Å². The number of carbonyl (C=O) groups is 1. The van der Waals surface area contributed by atoms with Gasteiger partial charge in [0.05, 0.1) is 6.04 Å². The van der Waals surface area contributed by atoms with Gasteiger partial charge in [-0.25, -0.2) is 0 Å². The highest BCUT2D eigenvalue weighted by molar-refractivity contribution is 14.1. The van der Waals surface area contributed by atoms with Gasteiger partial charge in [0.25, 0.3) is 0 Å². The van der Waals surface area contributed by atoms with Crippen LogP contribution in [0.5, 0.6) is 0 Å². The minimum absolute atomic E-state index is 0.229. The van der Waals surface area contributed by atoms with E-state index in [1.165, 1.54) is 15.6 Å². The van der Waals surface area contributed by atoms with Crippen molar-refractivity contribution in [1.82, 2.24) is 4.90 Å². The number of hydrogen-bond acceptors (Lipinski definition) is 2. The van der Waals surface area contributed by atoms with Crippen LogP contribution in [0.2, 0.25) is 0 Å². The first-order valence-corrected chi connectivity index (χ1v) is 9.04. The number of rotatable bonds is 3. The largest absolute Gasteiger partial charge is 0.336 e. The van der Waals surface area contributed by atoms with Crippen LogP contribution >= 0.6 is 22.6 Å². The Kier molecular flexibility index (Phi) is 4.84. The molecule has 0 bridgehead atoms. The lowest BCUT2D eigenvalue weighted by Crippen LogP contribution is -2.35. The Bertz CT molecular complexity index is 519. The standard InChI is InChI=1S/C17H23IN2O/c18-14-7-2-1-6-13(14)16-9-4-10-20(16)17(21)11-12-5-3-8-15(12)19/h1-2,6-7,12,15-16H,3-5,8-11,19H2/t12-,15+,16?/m0/s1. The second-order valence-corrected chi connectivity index (χ2v) is 7.49. The smallest absolute Gasteiger partial charge is 0.223 e. The van der Waals surface area contributed by atoms with E-state index >= 15 is 0 Å². The van der Waals surface area contributed by atoms with Crippen molar-refractivity contribution in [2.45, 2.75) is 50.6 Å². The lowest BCUT2D eigenvalue weighted by molar-refractivity contribution is -0.133. The molecule has 21 heavy (non-hydrogen) atoms. The van der Waals surface area contributed by atoms with Gasteiger partial charge in [0.2, 0.25) is 5.91 Å². The van der Waals surface area contributed by atoms with Gasteiger partial charge >= 0.3 is 0 Å². The fourth-order valence-electron chi connectivity index (χ4n) is 3.79. The quantitative estimate of drug-likeness (QED) is 0.793. The van der Waals surface area contributed by atoms with Crippen molar-refractivity contribution >= 4 is 28.5 Å². The summed E-state index contributed by atoms with van der Waals surface area (Å²) in [5.74, 6) is 0.702. The summed E-state index contributed by atoms with van der Waals surface area (Å²) in [6, 6.07) is 8.92. The average Bonchev–Trinajstić information content (AvgIpc) is 3.09. The number of nitrogens with two attached hydrogens (primary N) is 1. The lowest BCUT2D eigenvalue weighted by atomic mass is 9.98. The number of halogens is 1. The third-order valence-electron chi connectivity index (χ3n) is 4.99. The molecule has 0 aromatic heterocycles. The maximum absolute atomic E-state index is 12.7. The molecule has 1 amide bonds. The van der Waals surface area contributed by atoms with Crippen molar-refractivity contribution in [1.29, 1.82) is 0 Å². The Morgan fingerprint density at radius 3 is 2.76 bits per heavy atom. The number of nitrogens with zero attached hydrogens (tertiary/aromatic N) is 1. The first kappa shape index (κ1) is 15.3. The monoisotopic (exact) mass is 398 g/mol. The summed E-state index contributed by atoms with van der Waals surface area (Å²) in [7, 11) is 0. The molecule has 3 rings (SSSR count). The fraction of sp³-hybridized carbons (Fsp3) is 0.588. The van der Waals surface area contributed by atoms with Crippen LogP contribution in [0.3, 0.4) is 0 Å². The molecule has 2 fully saturated rings. The molecule has 1 unspecified atom stereocenters. The van der Waals surface area contributed by atoms with Crippen LogP contribution in [-0.2, 0) is 4.79 Å². The predicted molar refractivity (Wildman–Crippen MR) is 92.8 cm³/mol. The Morgan fingerprint density at radius 1 is 1.24 bits per heavy atom. The molecular formula is C17H23IN2O. The molecule has 1 heterocycles. The molecule has 2 aliphatic rings. The summed E-state index contributed by atoms with van der Waals surface area (Å²) in [6.07, 6.45) is 6.22. The van der Waals surface area contributed by atoms with Gasteiger partial charge in [0, 0.05) is 22.6 Å². The second kappa shape index (κ2) is 6.65. The zero-order valence-corrected chi connectivity index (χ0v) is 14.5. The molecule has 0 radical (unpaired) electrons. The number of amides is 1. The molecule has 3 nitrogen and oxygen atoms in total. The molecule has 0 spiro atoms. The Labute approximate surface area is 140 Å². The maximum atomic E-state index is 12.7. The summed E-state index contributed by atoms with van der Waals surface area (Å²) in [5.41, 5.74) is 7.43. The van der Waals surface area contributed by atoms with Crippen LogP contribution in [0, 0.1) is 9.49 Å². The third-order valence-corrected chi connectivity index (χ3v) is 5.97. The van der Waals surface area contributed by atoms with Crippen molar-refractivity contribution < 1.29 is 4.79 Å². The van der Waals surface area contributed by atoms with E-state index in [4.69, 9.17) is 5.73 Å². The van der Waals surface area contributed by atoms with Crippen LogP contribution < -0.4 is 5.73 Å². The minimum Gasteiger partial charge on any atom is -0.336 e. The molecule has 1 aliphatic carbocycles. The Morgan fingerprint density at radius 2 is 2.05 bits per heavy atom. The van der Waals surface area contributed by atoms with Gasteiger partial charge in [-0.1, -0.05) is 24.6 Å². The van der Waals surface area contributed by atoms with Crippen molar-refractivity contribution in [3.63, 3.8) is 0 Å². The highest BCUT2D eigenvalue weighted by Gasteiger charge is 2.34. The lowest BCUT2D eigenvalue weighted by Gasteiger charge is -2.28. The van der Waals surface area contributed by atoms with Crippen LogP contribution in [0.25, 0.3) is 0 Å². The maximum Gasteiger partial charge on any atom is 0.223 e. The normalized spacial score (nSPS) is 29.0. The molecule has 1 aromatic carbocycles. The summed E-state index contributed by atoms with van der Waals surface area (Å²) < 4.78 is 1.26. The fourth-order valence-corrected chi connectivity index (χ4v) is 4.54.